The van der Waals surface area contributed by atoms with Crippen molar-refractivity contribution in [3.63, 3.8) is 0 Å². The minimum absolute atomic E-state index is 0.0594. The molecule has 1 aliphatic rings. The van der Waals surface area contributed by atoms with Crippen LogP contribution in [0.4, 0.5) is 11.4 Å². The van der Waals surface area contributed by atoms with Gasteiger partial charge in [0.2, 0.25) is 5.91 Å². The lowest BCUT2D eigenvalue weighted by Gasteiger charge is -2.25. The zero-order chi connectivity index (χ0) is 14.0. The van der Waals surface area contributed by atoms with Crippen LogP contribution in [-0.2, 0) is 9.59 Å². The zero-order valence-corrected chi connectivity index (χ0v) is 10.7. The Kier molecular flexibility index (Phi) is 3.55. The molecule has 2 rings (SSSR count). The van der Waals surface area contributed by atoms with Gasteiger partial charge >= 0.3 is 5.97 Å². The van der Waals surface area contributed by atoms with E-state index in [4.69, 9.17) is 5.11 Å². The molecule has 19 heavy (non-hydrogen) atoms. The van der Waals surface area contributed by atoms with Crippen LogP contribution < -0.4 is 10.2 Å². The predicted octanol–water partition coefficient (Wildman–Crippen LogP) is 1.72. The van der Waals surface area contributed by atoms with Crippen LogP contribution in [0.2, 0.25) is 0 Å². The lowest BCUT2D eigenvalue weighted by atomic mass is 10.1. The van der Waals surface area contributed by atoms with Crippen molar-refractivity contribution < 1.29 is 14.7 Å². The Bertz CT molecular complexity index is 539. The average molecular weight is 260 g/mol. The fourth-order valence-electron chi connectivity index (χ4n) is 2.07. The fourth-order valence-corrected chi connectivity index (χ4v) is 2.07. The summed E-state index contributed by atoms with van der Waals surface area (Å²) < 4.78 is 0. The molecule has 0 aliphatic carbocycles. The first kappa shape index (κ1) is 13.1. The molecule has 0 bridgehead atoms. The number of nitrogens with zero attached hydrogens (tertiary/aromatic N) is 1. The molecule has 1 aromatic carbocycles. The molecule has 0 aromatic heterocycles. The summed E-state index contributed by atoms with van der Waals surface area (Å²) in [6, 6.07) is 7.36. The van der Waals surface area contributed by atoms with Gasteiger partial charge in [-0.3, -0.25) is 4.79 Å². The lowest BCUT2D eigenvalue weighted by molar-refractivity contribution is -0.132. The third kappa shape index (κ3) is 2.76. The van der Waals surface area contributed by atoms with Crippen molar-refractivity contribution in [3.05, 3.63) is 36.4 Å². The van der Waals surface area contributed by atoms with E-state index < -0.39 is 5.97 Å². The van der Waals surface area contributed by atoms with Gasteiger partial charge in [0, 0.05) is 18.7 Å². The van der Waals surface area contributed by atoms with Crippen molar-refractivity contribution in [3.8, 4) is 0 Å². The number of hydrogen-bond donors (Lipinski definition) is 2. The zero-order valence-electron chi connectivity index (χ0n) is 10.7. The molecule has 1 atom stereocenters. The highest BCUT2D eigenvalue weighted by Crippen LogP contribution is 2.30. The molecular weight excluding hydrogens is 244 g/mol. The number of aliphatic carboxylic acids is 1. The SMILES string of the molecule is C=C(CN1CC(C)C(=O)Nc2ccccc21)C(=O)O. The predicted molar refractivity (Wildman–Crippen MR) is 73.2 cm³/mol. The molecule has 0 saturated heterocycles. The van der Waals surface area contributed by atoms with Gasteiger partial charge in [-0.1, -0.05) is 25.6 Å². The van der Waals surface area contributed by atoms with Crippen LogP contribution in [0.15, 0.2) is 36.4 Å². The van der Waals surface area contributed by atoms with Gasteiger partial charge in [-0.25, -0.2) is 4.79 Å². The quantitative estimate of drug-likeness (QED) is 0.812. The Hall–Kier alpha value is -2.30. The van der Waals surface area contributed by atoms with Crippen molar-refractivity contribution >= 4 is 23.3 Å². The van der Waals surface area contributed by atoms with Crippen molar-refractivity contribution in [1.29, 1.82) is 0 Å². The maximum absolute atomic E-state index is 11.9. The third-order valence-electron chi connectivity index (χ3n) is 3.13. The minimum Gasteiger partial charge on any atom is -0.478 e. The van der Waals surface area contributed by atoms with Gasteiger partial charge in [0.25, 0.3) is 0 Å². The van der Waals surface area contributed by atoms with E-state index in [9.17, 15) is 9.59 Å². The summed E-state index contributed by atoms with van der Waals surface area (Å²) >= 11 is 0. The maximum Gasteiger partial charge on any atom is 0.332 e. The number of benzene rings is 1. The van der Waals surface area contributed by atoms with E-state index in [-0.39, 0.29) is 23.9 Å². The van der Waals surface area contributed by atoms with Gasteiger partial charge < -0.3 is 15.3 Å². The largest absolute Gasteiger partial charge is 0.478 e. The average Bonchev–Trinajstić information content (AvgIpc) is 2.48. The van der Waals surface area contributed by atoms with E-state index in [1.165, 1.54) is 0 Å². The number of carboxylic acids is 1. The van der Waals surface area contributed by atoms with Crippen LogP contribution in [0.25, 0.3) is 0 Å². The number of nitrogens with one attached hydrogen (secondary N) is 1. The van der Waals surface area contributed by atoms with Crippen LogP contribution in [0.3, 0.4) is 0 Å². The van der Waals surface area contributed by atoms with E-state index in [0.717, 1.165) is 5.69 Å². The monoisotopic (exact) mass is 260 g/mol. The first-order valence-electron chi connectivity index (χ1n) is 6.05. The fraction of sp³-hybridized carbons (Fsp3) is 0.286. The summed E-state index contributed by atoms with van der Waals surface area (Å²) in [6.07, 6.45) is 0. The molecule has 100 valence electrons. The lowest BCUT2D eigenvalue weighted by Crippen LogP contribution is -2.33. The number of anilines is 2. The second kappa shape index (κ2) is 5.14. The van der Waals surface area contributed by atoms with E-state index >= 15 is 0 Å². The molecule has 1 aromatic rings. The summed E-state index contributed by atoms with van der Waals surface area (Å²) in [5.41, 5.74) is 1.63. The number of carbonyl (C=O) groups is 2. The van der Waals surface area contributed by atoms with Crippen molar-refractivity contribution in [2.24, 2.45) is 5.92 Å². The summed E-state index contributed by atoms with van der Waals surface area (Å²) in [7, 11) is 0. The Morgan fingerprint density at radius 2 is 2.21 bits per heavy atom. The molecule has 0 saturated carbocycles. The van der Waals surface area contributed by atoms with Crippen LogP contribution >= 0.6 is 0 Å². The standard InChI is InChI=1S/C14H16N2O3/c1-9-7-16(8-10(2)14(18)19)12-6-4-3-5-11(12)15-13(9)17/h3-6,9H,2,7-8H2,1H3,(H,15,17)(H,18,19). The van der Waals surface area contributed by atoms with E-state index in [2.05, 4.69) is 11.9 Å². The highest BCUT2D eigenvalue weighted by molar-refractivity contribution is 5.98. The highest BCUT2D eigenvalue weighted by atomic mass is 16.4. The molecule has 0 fully saturated rings. The Labute approximate surface area is 111 Å². The van der Waals surface area contributed by atoms with E-state index in [1.807, 2.05) is 36.1 Å². The number of fused-ring (bicyclic) bond motifs is 1. The molecular formula is C14H16N2O3. The molecule has 0 spiro atoms. The topological polar surface area (TPSA) is 69.6 Å². The minimum atomic E-state index is -1.02. The Morgan fingerprint density at radius 3 is 2.89 bits per heavy atom. The number of rotatable bonds is 3. The second-order valence-electron chi connectivity index (χ2n) is 4.70. The number of amides is 1. The summed E-state index contributed by atoms with van der Waals surface area (Å²) in [6.45, 7) is 6.03. The normalized spacial score (nSPS) is 18.3. The van der Waals surface area contributed by atoms with E-state index in [1.54, 1.807) is 0 Å². The highest BCUT2D eigenvalue weighted by Gasteiger charge is 2.25. The van der Waals surface area contributed by atoms with Crippen molar-refractivity contribution in [2.45, 2.75) is 6.92 Å². The molecule has 1 unspecified atom stereocenters. The Morgan fingerprint density at radius 1 is 1.53 bits per heavy atom. The van der Waals surface area contributed by atoms with Crippen LogP contribution in [0.5, 0.6) is 0 Å². The third-order valence-corrected chi connectivity index (χ3v) is 3.13. The number of carbonyl (C=O) groups excluding carboxylic acids is 1. The summed E-state index contributed by atoms with van der Waals surface area (Å²) in [5, 5.41) is 11.8. The summed E-state index contributed by atoms with van der Waals surface area (Å²) in [5.74, 6) is -1.29. The number of hydrogen-bond acceptors (Lipinski definition) is 3. The van der Waals surface area contributed by atoms with E-state index in [0.29, 0.717) is 12.2 Å². The van der Waals surface area contributed by atoms with Gasteiger partial charge in [0.05, 0.1) is 17.3 Å². The van der Waals surface area contributed by atoms with Gasteiger partial charge in [-0.2, -0.15) is 0 Å². The number of para-hydroxylation sites is 2. The molecule has 5 nitrogen and oxygen atoms in total. The van der Waals surface area contributed by atoms with Crippen LogP contribution in [0, 0.1) is 5.92 Å². The Balaban J connectivity index is 2.34. The molecule has 0 radical (unpaired) electrons. The van der Waals surface area contributed by atoms with Gasteiger partial charge in [-0.15, -0.1) is 0 Å². The summed E-state index contributed by atoms with van der Waals surface area (Å²) in [4.78, 5) is 24.6. The van der Waals surface area contributed by atoms with Gasteiger partial charge in [-0.05, 0) is 12.1 Å². The molecule has 2 N–H and O–H groups in total. The maximum atomic E-state index is 11.9. The van der Waals surface area contributed by atoms with Crippen LogP contribution in [0.1, 0.15) is 6.92 Å². The first-order chi connectivity index (χ1) is 8.99. The van der Waals surface area contributed by atoms with Crippen LogP contribution in [-0.4, -0.2) is 30.1 Å². The molecule has 1 heterocycles. The van der Waals surface area contributed by atoms with Crippen molar-refractivity contribution in [2.75, 3.05) is 23.3 Å². The second-order valence-corrected chi connectivity index (χ2v) is 4.70. The van der Waals surface area contributed by atoms with Gasteiger partial charge in [0.1, 0.15) is 0 Å². The smallest absolute Gasteiger partial charge is 0.332 e. The number of carboxylic acid groups (broad SMARTS) is 1. The van der Waals surface area contributed by atoms with Crippen molar-refractivity contribution in [1.82, 2.24) is 0 Å². The molecule has 5 heteroatoms. The molecule has 1 amide bonds. The van der Waals surface area contributed by atoms with Gasteiger partial charge in [0.15, 0.2) is 0 Å². The molecule has 1 aliphatic heterocycles. The first-order valence-corrected chi connectivity index (χ1v) is 6.05.